The minimum absolute atomic E-state index is 1.09. The largest absolute Gasteiger partial charge is 0.0651 e. The number of rotatable bonds is 5. The SMILES string of the molecule is CCC(CC1CCC1)CC1CC1. The van der Waals surface area contributed by atoms with Gasteiger partial charge in [-0.05, 0) is 30.6 Å². The zero-order valence-corrected chi connectivity index (χ0v) is 8.39. The maximum atomic E-state index is 2.38. The third-order valence-corrected chi connectivity index (χ3v) is 3.83. The Morgan fingerprint density at radius 1 is 1.00 bits per heavy atom. The fourth-order valence-corrected chi connectivity index (χ4v) is 2.45. The van der Waals surface area contributed by atoms with Crippen LogP contribution in [-0.4, -0.2) is 0 Å². The Kier molecular flexibility index (Phi) is 2.73. The summed E-state index contributed by atoms with van der Waals surface area (Å²) in [5, 5.41) is 0. The van der Waals surface area contributed by atoms with E-state index >= 15 is 0 Å². The van der Waals surface area contributed by atoms with Crippen LogP contribution < -0.4 is 0 Å². The molecule has 2 aliphatic carbocycles. The Labute approximate surface area is 76.7 Å². The van der Waals surface area contributed by atoms with E-state index in [2.05, 4.69) is 6.92 Å². The van der Waals surface area contributed by atoms with Gasteiger partial charge in [0.1, 0.15) is 0 Å². The third kappa shape index (κ3) is 2.24. The molecule has 0 saturated heterocycles. The summed E-state index contributed by atoms with van der Waals surface area (Å²) in [6.45, 7) is 2.38. The summed E-state index contributed by atoms with van der Waals surface area (Å²) >= 11 is 0. The summed E-state index contributed by atoms with van der Waals surface area (Å²) in [6, 6.07) is 0. The van der Waals surface area contributed by atoms with Crippen LogP contribution in [0.3, 0.4) is 0 Å². The van der Waals surface area contributed by atoms with E-state index in [9.17, 15) is 0 Å². The van der Waals surface area contributed by atoms with Gasteiger partial charge in [0.2, 0.25) is 0 Å². The molecule has 0 bridgehead atoms. The fraction of sp³-hybridized carbons (Fsp3) is 1.00. The summed E-state index contributed by atoms with van der Waals surface area (Å²) in [5.74, 6) is 3.37. The zero-order chi connectivity index (χ0) is 8.39. The number of hydrogen-bond acceptors (Lipinski definition) is 0. The predicted molar refractivity (Wildman–Crippen MR) is 53.1 cm³/mol. The fourth-order valence-electron chi connectivity index (χ4n) is 2.45. The predicted octanol–water partition coefficient (Wildman–Crippen LogP) is 4.00. The minimum atomic E-state index is 1.09. The highest BCUT2D eigenvalue weighted by molar-refractivity contribution is 4.79. The standard InChI is InChI=1S/C12H22/c1-2-10(9-12-6-7-12)8-11-4-3-5-11/h10-12H,2-9H2,1H3. The smallest absolute Gasteiger partial charge is 0.0411 e. The van der Waals surface area contributed by atoms with Crippen LogP contribution in [0.1, 0.15) is 58.3 Å². The van der Waals surface area contributed by atoms with E-state index in [1.165, 1.54) is 12.8 Å². The molecule has 0 heterocycles. The van der Waals surface area contributed by atoms with E-state index < -0.39 is 0 Å². The molecule has 1 atom stereocenters. The maximum Gasteiger partial charge on any atom is -0.0411 e. The molecule has 0 radical (unpaired) electrons. The molecule has 0 N–H and O–H groups in total. The van der Waals surface area contributed by atoms with Gasteiger partial charge in [0.25, 0.3) is 0 Å². The molecule has 0 aromatic rings. The molecule has 12 heavy (non-hydrogen) atoms. The van der Waals surface area contributed by atoms with Gasteiger partial charge in [-0.3, -0.25) is 0 Å². The van der Waals surface area contributed by atoms with Gasteiger partial charge in [0.05, 0.1) is 0 Å². The second-order valence-corrected chi connectivity index (χ2v) is 4.99. The highest BCUT2D eigenvalue weighted by Crippen LogP contribution is 2.40. The lowest BCUT2D eigenvalue weighted by molar-refractivity contribution is 0.234. The van der Waals surface area contributed by atoms with Gasteiger partial charge in [0, 0.05) is 0 Å². The molecule has 2 fully saturated rings. The van der Waals surface area contributed by atoms with E-state index in [1.807, 2.05) is 0 Å². The van der Waals surface area contributed by atoms with Crippen molar-refractivity contribution >= 4 is 0 Å². The van der Waals surface area contributed by atoms with Crippen LogP contribution >= 0.6 is 0 Å². The highest BCUT2D eigenvalue weighted by atomic mass is 14.3. The van der Waals surface area contributed by atoms with Gasteiger partial charge >= 0.3 is 0 Å². The summed E-state index contributed by atoms with van der Waals surface area (Å²) in [5.41, 5.74) is 0. The third-order valence-electron chi connectivity index (χ3n) is 3.83. The van der Waals surface area contributed by atoms with E-state index in [4.69, 9.17) is 0 Å². The second-order valence-electron chi connectivity index (χ2n) is 4.99. The van der Waals surface area contributed by atoms with Gasteiger partial charge in [-0.15, -0.1) is 0 Å². The van der Waals surface area contributed by atoms with Crippen molar-refractivity contribution in [3.05, 3.63) is 0 Å². The monoisotopic (exact) mass is 166 g/mol. The summed E-state index contributed by atoms with van der Waals surface area (Å²) in [6.07, 6.45) is 12.3. The molecule has 0 aromatic heterocycles. The lowest BCUT2D eigenvalue weighted by Gasteiger charge is -2.29. The van der Waals surface area contributed by atoms with Gasteiger partial charge in [-0.2, -0.15) is 0 Å². The van der Waals surface area contributed by atoms with Crippen molar-refractivity contribution in [2.75, 3.05) is 0 Å². The molecule has 2 rings (SSSR count). The second kappa shape index (κ2) is 3.81. The molecule has 2 saturated carbocycles. The van der Waals surface area contributed by atoms with Crippen molar-refractivity contribution in [3.63, 3.8) is 0 Å². The van der Waals surface area contributed by atoms with Crippen LogP contribution in [-0.2, 0) is 0 Å². The normalized spacial score (nSPS) is 26.8. The summed E-state index contributed by atoms with van der Waals surface area (Å²) in [4.78, 5) is 0. The lowest BCUT2D eigenvalue weighted by Crippen LogP contribution is -2.16. The quantitative estimate of drug-likeness (QED) is 0.579. The van der Waals surface area contributed by atoms with Crippen molar-refractivity contribution in [2.24, 2.45) is 17.8 Å². The summed E-state index contributed by atoms with van der Waals surface area (Å²) in [7, 11) is 0. The van der Waals surface area contributed by atoms with Crippen molar-refractivity contribution < 1.29 is 0 Å². The molecule has 0 heteroatoms. The average Bonchev–Trinajstić information content (AvgIpc) is 2.77. The van der Waals surface area contributed by atoms with Crippen LogP contribution in [0, 0.1) is 17.8 Å². The molecule has 0 amide bonds. The molecule has 0 aliphatic heterocycles. The van der Waals surface area contributed by atoms with Crippen molar-refractivity contribution in [3.8, 4) is 0 Å². The van der Waals surface area contributed by atoms with E-state index in [-0.39, 0.29) is 0 Å². The van der Waals surface area contributed by atoms with Crippen molar-refractivity contribution in [2.45, 2.75) is 58.3 Å². The Morgan fingerprint density at radius 2 is 1.58 bits per heavy atom. The molecule has 70 valence electrons. The molecule has 2 aliphatic rings. The minimum Gasteiger partial charge on any atom is -0.0651 e. The van der Waals surface area contributed by atoms with Crippen LogP contribution in [0.5, 0.6) is 0 Å². The maximum absolute atomic E-state index is 2.38. The Balaban J connectivity index is 1.65. The molecule has 0 spiro atoms. The Morgan fingerprint density at radius 3 is 1.92 bits per heavy atom. The first-order chi connectivity index (χ1) is 5.88. The van der Waals surface area contributed by atoms with Gasteiger partial charge in [-0.25, -0.2) is 0 Å². The lowest BCUT2D eigenvalue weighted by atomic mass is 9.77. The highest BCUT2D eigenvalue weighted by Gasteiger charge is 2.27. The van der Waals surface area contributed by atoms with E-state index in [0.29, 0.717) is 0 Å². The first kappa shape index (κ1) is 8.59. The van der Waals surface area contributed by atoms with Gasteiger partial charge < -0.3 is 0 Å². The van der Waals surface area contributed by atoms with Gasteiger partial charge in [0.15, 0.2) is 0 Å². The van der Waals surface area contributed by atoms with Crippen LogP contribution in [0.25, 0.3) is 0 Å². The van der Waals surface area contributed by atoms with E-state index in [0.717, 1.165) is 17.8 Å². The Bertz CT molecular complexity index is 131. The molecular formula is C12H22. The van der Waals surface area contributed by atoms with Crippen LogP contribution in [0.4, 0.5) is 0 Å². The topological polar surface area (TPSA) is 0 Å². The Hall–Kier alpha value is 0. The van der Waals surface area contributed by atoms with Crippen molar-refractivity contribution in [1.82, 2.24) is 0 Å². The van der Waals surface area contributed by atoms with E-state index in [1.54, 1.807) is 38.5 Å². The summed E-state index contributed by atoms with van der Waals surface area (Å²) < 4.78 is 0. The molecule has 0 nitrogen and oxygen atoms in total. The van der Waals surface area contributed by atoms with Crippen LogP contribution in [0.15, 0.2) is 0 Å². The number of hydrogen-bond donors (Lipinski definition) is 0. The molecule has 1 unspecified atom stereocenters. The molecular weight excluding hydrogens is 144 g/mol. The first-order valence-corrected chi connectivity index (χ1v) is 5.88. The average molecular weight is 166 g/mol. The van der Waals surface area contributed by atoms with Gasteiger partial charge in [-0.1, -0.05) is 45.4 Å². The van der Waals surface area contributed by atoms with Crippen LogP contribution in [0.2, 0.25) is 0 Å². The molecule has 0 aromatic carbocycles. The first-order valence-electron chi connectivity index (χ1n) is 5.88. The van der Waals surface area contributed by atoms with Crippen molar-refractivity contribution in [1.29, 1.82) is 0 Å². The zero-order valence-electron chi connectivity index (χ0n) is 8.39.